The highest BCUT2D eigenvalue weighted by Crippen LogP contribution is 2.25. The van der Waals surface area contributed by atoms with Crippen molar-refractivity contribution in [3.63, 3.8) is 0 Å². The van der Waals surface area contributed by atoms with Crippen LogP contribution in [-0.4, -0.2) is 44.0 Å². The first-order valence-corrected chi connectivity index (χ1v) is 35.9. The van der Waals surface area contributed by atoms with E-state index in [4.69, 9.17) is 49.1 Å². The number of fused-ring (bicyclic) bond motifs is 9. The fourth-order valence-electron chi connectivity index (χ4n) is 12.0. The van der Waals surface area contributed by atoms with Crippen molar-refractivity contribution in [3.05, 3.63) is 361 Å². The van der Waals surface area contributed by atoms with Crippen LogP contribution in [0.1, 0.15) is 95.7 Å². The van der Waals surface area contributed by atoms with E-state index in [-0.39, 0.29) is 11.7 Å². The number of nitrogen functional groups attached to an aromatic ring is 1. The number of halogens is 2. The quantitative estimate of drug-likeness (QED) is 0.0766. The smallest absolute Gasteiger partial charge is 0.170 e. The highest BCUT2D eigenvalue weighted by atomic mass is 35.5. The predicted octanol–water partition coefficient (Wildman–Crippen LogP) is 21.1. The molecule has 11 aromatic carbocycles. The van der Waals surface area contributed by atoms with E-state index in [9.17, 15) is 4.39 Å². The van der Waals surface area contributed by atoms with Gasteiger partial charge in [-0.2, -0.15) is 5.26 Å². The van der Waals surface area contributed by atoms with E-state index in [1.807, 2.05) is 212 Å². The third-order valence-corrected chi connectivity index (χ3v) is 18.1. The number of nitrogens with zero attached hydrogens (tertiary/aromatic N) is 7. The number of oxime groups is 2. The monoisotopic (exact) mass is 1450 g/mol. The molecule has 14 nitrogen and oxygen atoms in total. The summed E-state index contributed by atoms with van der Waals surface area (Å²) in [5, 5.41) is 39.2. The second-order valence-electron chi connectivity index (χ2n) is 26.5. The Morgan fingerprint density at radius 1 is 0.463 bits per heavy atom. The van der Waals surface area contributed by atoms with Crippen LogP contribution in [0.3, 0.4) is 0 Å². The standard InChI is InChI=1S/C12H12N2.C12H9N.C11H9Cl.C11H9F.C10H9N.2C9H10N2O.C9H12N2.C9H8N2/c1-8-6-9-4-2-3-5-10(9)7-11(8)12(13)14;1-9-6-10-4-2-3-5-11(10)7-12(9)8-13;1-8-2-3-10-7-11(12)5-4-9(10)6-8;1-8-6-9-4-2-3-5-10(9)7-11(8)12;1-8-4-5-9-3-2-6-11-10(9)7-8;1-6-2-3-8-7(4-6)5-12-11-9(8)10;1-6-2-3-7-5-12-11-9(10)8(7)4-6;2*1-7-4-5-8-3-2-6-10-9(8)11-7/h2-7H,1H3,(H3,13,14);2-7H,1H3;2*2-7H,1H3;2-7H,1H3;2*2-4H,5H2,1H3,(H2,10,11);4-5H,2-3,6H2,1H3,(H,10,11);2-6H,1H3. The van der Waals surface area contributed by atoms with Crippen molar-refractivity contribution >= 4 is 100.0 Å². The molecule has 0 saturated carbocycles. The molecular weight excluding hydrogens is 1360 g/mol. The molecule has 0 unspecified atom stereocenters. The molecule has 542 valence electrons. The van der Waals surface area contributed by atoms with Crippen molar-refractivity contribution in [1.29, 1.82) is 10.7 Å². The first-order chi connectivity index (χ1) is 52.1. The molecule has 0 spiro atoms. The van der Waals surface area contributed by atoms with E-state index in [1.54, 1.807) is 19.2 Å². The van der Waals surface area contributed by atoms with E-state index >= 15 is 0 Å². The van der Waals surface area contributed by atoms with E-state index in [2.05, 4.69) is 134 Å². The minimum absolute atomic E-state index is 0.131. The lowest BCUT2D eigenvalue weighted by molar-refractivity contribution is 0.125. The van der Waals surface area contributed by atoms with Gasteiger partial charge in [0.05, 0.1) is 17.1 Å². The second-order valence-corrected chi connectivity index (χ2v) is 26.9. The van der Waals surface area contributed by atoms with Crippen LogP contribution in [0.4, 0.5) is 10.2 Å². The summed E-state index contributed by atoms with van der Waals surface area (Å²) in [6.45, 7) is 20.1. The van der Waals surface area contributed by atoms with Crippen LogP contribution in [0.15, 0.2) is 271 Å². The molecule has 15 aromatic rings. The van der Waals surface area contributed by atoms with Crippen molar-refractivity contribution in [2.75, 3.05) is 11.9 Å². The Kier molecular flexibility index (Phi) is 27.1. The maximum Gasteiger partial charge on any atom is 0.170 e. The van der Waals surface area contributed by atoms with Crippen molar-refractivity contribution in [1.82, 2.24) is 19.9 Å². The molecule has 0 aliphatic carbocycles. The zero-order chi connectivity index (χ0) is 76.6. The molecule has 0 bridgehead atoms. The van der Waals surface area contributed by atoms with Gasteiger partial charge in [0.25, 0.3) is 0 Å². The van der Waals surface area contributed by atoms with Gasteiger partial charge in [0.2, 0.25) is 0 Å². The minimum atomic E-state index is -0.131. The molecule has 3 aliphatic heterocycles. The SMILES string of the molecule is Cc1cc2ccccc2cc1C#N.Cc1cc2ccccc2cc1C(=N)N.Cc1cc2ccccc2cc1F.Cc1ccc2c(c1)C(N)=NOC2.Cc1ccc2c(c1)CON=C2N.Cc1ccc2c(n1)NCCC2.Cc1ccc2cc(Cl)ccc2c1.Cc1ccc2cccnc2c1.Cc1ccc2cccnc2n1. The van der Waals surface area contributed by atoms with Crippen LogP contribution in [0.25, 0.3) is 65.0 Å². The topological polar surface area (TPSA) is 232 Å². The average Bonchev–Trinajstić information content (AvgIpc) is 0.830. The number of hydrogen-bond acceptors (Lipinski definition) is 13. The number of rotatable bonds is 1. The van der Waals surface area contributed by atoms with Gasteiger partial charge in [0, 0.05) is 73.9 Å². The summed E-state index contributed by atoms with van der Waals surface area (Å²) in [7, 11) is 0. The van der Waals surface area contributed by atoms with Gasteiger partial charge in [0.1, 0.15) is 30.7 Å². The lowest BCUT2D eigenvalue weighted by atomic mass is 10.0. The van der Waals surface area contributed by atoms with Crippen LogP contribution >= 0.6 is 11.6 Å². The molecule has 8 N–H and O–H groups in total. The first-order valence-electron chi connectivity index (χ1n) is 35.5. The minimum Gasteiger partial charge on any atom is -0.389 e. The fraction of sp³-hybridized carbons (Fsp3) is 0.152. The second kappa shape index (κ2) is 37.7. The van der Waals surface area contributed by atoms with E-state index < -0.39 is 0 Å². The number of pyridine rings is 4. The normalized spacial score (nSPS) is 11.8. The Hall–Kier alpha value is -12.9. The first kappa shape index (κ1) is 77.7. The van der Waals surface area contributed by atoms with E-state index in [1.165, 1.54) is 67.6 Å². The summed E-state index contributed by atoms with van der Waals surface area (Å²) < 4.78 is 13.0. The number of anilines is 1. The molecule has 7 heterocycles. The Morgan fingerprint density at radius 3 is 1.64 bits per heavy atom. The van der Waals surface area contributed by atoms with Crippen LogP contribution in [0.5, 0.6) is 0 Å². The van der Waals surface area contributed by atoms with Gasteiger partial charge in [-0.25, -0.2) is 19.3 Å². The van der Waals surface area contributed by atoms with Crippen LogP contribution in [0.2, 0.25) is 5.02 Å². The molecule has 0 atom stereocenters. The van der Waals surface area contributed by atoms with Gasteiger partial charge < -0.3 is 32.2 Å². The fourth-order valence-corrected chi connectivity index (χ4v) is 12.2. The molecule has 0 radical (unpaired) electrons. The van der Waals surface area contributed by atoms with Gasteiger partial charge in [-0.3, -0.25) is 10.4 Å². The molecule has 0 fully saturated rings. The average molecular weight is 1450 g/mol. The number of amidine groups is 3. The molecule has 4 aromatic heterocycles. The third kappa shape index (κ3) is 21.9. The summed E-state index contributed by atoms with van der Waals surface area (Å²) in [6, 6.07) is 84.5. The number of aromatic nitrogens is 4. The highest BCUT2D eigenvalue weighted by molar-refractivity contribution is 6.31. The zero-order valence-electron chi connectivity index (χ0n) is 62.3. The Bertz CT molecular complexity index is 5640. The molecule has 16 heteroatoms. The summed E-state index contributed by atoms with van der Waals surface area (Å²) in [6.07, 6.45) is 5.99. The van der Waals surface area contributed by atoms with Gasteiger partial charge in [-0.15, -0.1) is 0 Å². The number of hydrogen-bond donors (Lipinski definition) is 5. The number of aryl methyl sites for hydroxylation is 10. The van der Waals surface area contributed by atoms with Crippen molar-refractivity contribution in [3.8, 4) is 6.07 Å². The predicted molar refractivity (Wildman–Crippen MR) is 445 cm³/mol. The Morgan fingerprint density at radius 2 is 0.954 bits per heavy atom. The summed E-state index contributed by atoms with van der Waals surface area (Å²) >= 11 is 5.86. The Labute approximate surface area is 635 Å². The van der Waals surface area contributed by atoms with Crippen LogP contribution in [-0.2, 0) is 29.3 Å². The van der Waals surface area contributed by atoms with Crippen LogP contribution in [0, 0.1) is 84.9 Å². The largest absolute Gasteiger partial charge is 0.389 e. The lowest BCUT2D eigenvalue weighted by Gasteiger charge is -2.16. The molecule has 108 heavy (non-hydrogen) atoms. The maximum absolute atomic E-state index is 13.0. The number of nitrogens with two attached hydrogens (primary N) is 3. The highest BCUT2D eigenvalue weighted by Gasteiger charge is 2.14. The molecule has 3 aliphatic rings. The lowest BCUT2D eigenvalue weighted by Crippen LogP contribution is -2.20. The molecule has 0 amide bonds. The van der Waals surface area contributed by atoms with Gasteiger partial charge >= 0.3 is 0 Å². The zero-order valence-corrected chi connectivity index (χ0v) is 63.1. The van der Waals surface area contributed by atoms with E-state index in [0.717, 1.165) is 111 Å². The van der Waals surface area contributed by atoms with Crippen molar-refractivity contribution in [2.24, 2.45) is 27.5 Å². The summed E-state index contributed by atoms with van der Waals surface area (Å²) in [5.41, 5.74) is 35.7. The number of benzene rings is 11. The third-order valence-electron chi connectivity index (χ3n) is 17.8. The summed E-state index contributed by atoms with van der Waals surface area (Å²) in [5.74, 6) is 2.04. The van der Waals surface area contributed by atoms with Gasteiger partial charge in [-0.1, -0.05) is 202 Å². The number of nitriles is 1. The summed E-state index contributed by atoms with van der Waals surface area (Å²) in [4.78, 5) is 26.9. The van der Waals surface area contributed by atoms with Crippen molar-refractivity contribution < 1.29 is 14.1 Å². The van der Waals surface area contributed by atoms with Crippen LogP contribution < -0.4 is 22.5 Å². The Balaban J connectivity index is 0.000000130. The maximum atomic E-state index is 13.0. The molecular formula is C92H88ClFN12O2. The molecule has 0 saturated heterocycles. The van der Waals surface area contributed by atoms with Crippen molar-refractivity contribution in [2.45, 2.75) is 88.4 Å². The molecule has 18 rings (SSSR count). The van der Waals surface area contributed by atoms with Gasteiger partial charge in [0.15, 0.2) is 17.3 Å². The van der Waals surface area contributed by atoms with Gasteiger partial charge in [-0.05, 0) is 231 Å². The number of nitrogens with one attached hydrogen (secondary N) is 2. The van der Waals surface area contributed by atoms with E-state index in [0.29, 0.717) is 30.4 Å².